The first-order chi connectivity index (χ1) is 10.5. The highest BCUT2D eigenvalue weighted by atomic mass is 127. The number of nitrogens with zero attached hydrogens (tertiary/aromatic N) is 7. The number of ether oxygens (including phenoxy) is 1. The third kappa shape index (κ3) is 2.07. The molecule has 0 aromatic carbocycles. The lowest BCUT2D eigenvalue weighted by Gasteiger charge is -2.23. The number of aliphatic hydroxyl groups excluding tert-OH is 2. The maximum absolute atomic E-state index is 10.3. The highest BCUT2D eigenvalue weighted by Gasteiger charge is 2.54. The first-order valence-electron chi connectivity index (χ1n) is 6.13. The molecule has 4 N–H and O–H groups in total. The van der Waals surface area contributed by atoms with E-state index in [4.69, 9.17) is 16.0 Å². The van der Waals surface area contributed by atoms with Crippen molar-refractivity contribution in [2.24, 2.45) is 5.11 Å². The number of halogens is 1. The number of anilines is 1. The molecule has 0 spiro atoms. The van der Waals surface area contributed by atoms with Crippen molar-refractivity contribution in [1.82, 2.24) is 19.5 Å². The zero-order chi connectivity index (χ0) is 15.9. The summed E-state index contributed by atoms with van der Waals surface area (Å²) >= 11 is 1.91. The van der Waals surface area contributed by atoms with Crippen molar-refractivity contribution < 1.29 is 14.9 Å². The Hall–Kier alpha value is -1.73. The lowest BCUT2D eigenvalue weighted by atomic mass is 10.1. The Kier molecular flexibility index (Phi) is 3.78. The van der Waals surface area contributed by atoms with E-state index in [1.165, 1.54) is 17.2 Å². The standard InChI is InChI=1S/C10H11IN8O3/c11-1-10(17-18-13)6(21)5(20)9(22-10)19-3-16-4-7(12)14-2-15-8(4)19/h2-3,5-6,9,20-21H,1H2,(H2,12,14,15)/t5?,6?,9-,10-/m1/s1. The van der Waals surface area contributed by atoms with E-state index in [0.29, 0.717) is 11.2 Å². The van der Waals surface area contributed by atoms with Crippen molar-refractivity contribution >= 4 is 39.6 Å². The van der Waals surface area contributed by atoms with E-state index < -0.39 is 24.2 Å². The van der Waals surface area contributed by atoms with Crippen molar-refractivity contribution in [2.75, 3.05) is 10.2 Å². The molecule has 2 unspecified atom stereocenters. The van der Waals surface area contributed by atoms with Crippen LogP contribution in [0.2, 0.25) is 0 Å². The number of alkyl halides is 1. The van der Waals surface area contributed by atoms with Crippen molar-refractivity contribution in [3.8, 4) is 0 Å². The highest BCUT2D eigenvalue weighted by Crippen LogP contribution is 2.40. The van der Waals surface area contributed by atoms with E-state index in [-0.39, 0.29) is 10.2 Å². The fraction of sp³-hybridized carbons (Fsp3) is 0.500. The number of rotatable bonds is 3. The van der Waals surface area contributed by atoms with Crippen LogP contribution in [-0.2, 0) is 4.74 Å². The number of azide groups is 1. The molecule has 0 radical (unpaired) electrons. The summed E-state index contributed by atoms with van der Waals surface area (Å²) in [6.07, 6.45) is -1.10. The second kappa shape index (κ2) is 5.48. The molecular weight excluding hydrogens is 407 g/mol. The van der Waals surface area contributed by atoms with E-state index in [1.807, 2.05) is 22.6 Å². The normalized spacial score (nSPS) is 31.3. The molecule has 0 saturated carbocycles. The van der Waals surface area contributed by atoms with Gasteiger partial charge in [0.15, 0.2) is 23.4 Å². The maximum Gasteiger partial charge on any atom is 0.186 e. The van der Waals surface area contributed by atoms with Gasteiger partial charge < -0.3 is 20.7 Å². The Balaban J connectivity index is 2.08. The summed E-state index contributed by atoms with van der Waals surface area (Å²) < 4.78 is 7.23. The molecule has 1 aliphatic rings. The predicted molar refractivity (Wildman–Crippen MR) is 82.6 cm³/mol. The van der Waals surface area contributed by atoms with Gasteiger partial charge >= 0.3 is 0 Å². The van der Waals surface area contributed by atoms with Crippen LogP contribution in [0.25, 0.3) is 21.6 Å². The van der Waals surface area contributed by atoms with Gasteiger partial charge in [0.25, 0.3) is 0 Å². The number of nitrogens with two attached hydrogens (primary N) is 1. The Morgan fingerprint density at radius 2 is 2.27 bits per heavy atom. The molecule has 12 heteroatoms. The van der Waals surface area contributed by atoms with Gasteiger partial charge in [-0.3, -0.25) is 4.57 Å². The number of hydrogen-bond donors (Lipinski definition) is 3. The summed E-state index contributed by atoms with van der Waals surface area (Å²) in [6, 6.07) is 0. The van der Waals surface area contributed by atoms with Gasteiger partial charge in [-0.15, -0.1) is 0 Å². The van der Waals surface area contributed by atoms with Crippen LogP contribution < -0.4 is 5.73 Å². The predicted octanol–water partition coefficient (Wildman–Crippen LogP) is 0.101. The minimum atomic E-state index is -1.56. The summed E-state index contributed by atoms with van der Waals surface area (Å²) in [7, 11) is 0. The van der Waals surface area contributed by atoms with Gasteiger partial charge in [-0.05, 0) is 5.53 Å². The molecule has 1 saturated heterocycles. The summed E-state index contributed by atoms with van der Waals surface area (Å²) in [5.74, 6) is 0.187. The van der Waals surface area contributed by atoms with Gasteiger partial charge in [0.05, 0.1) is 6.33 Å². The van der Waals surface area contributed by atoms with E-state index in [9.17, 15) is 10.2 Å². The third-order valence-corrected chi connectivity index (χ3v) is 4.56. The van der Waals surface area contributed by atoms with Crippen LogP contribution in [0.5, 0.6) is 0 Å². The van der Waals surface area contributed by atoms with Crippen LogP contribution in [-0.4, -0.2) is 52.1 Å². The fourth-order valence-electron chi connectivity index (χ4n) is 2.34. The molecule has 3 rings (SSSR count). The summed E-state index contributed by atoms with van der Waals surface area (Å²) in [4.78, 5) is 14.7. The van der Waals surface area contributed by atoms with Crippen LogP contribution in [0.15, 0.2) is 17.8 Å². The average Bonchev–Trinajstić information content (AvgIpc) is 3.04. The van der Waals surface area contributed by atoms with Crippen LogP contribution in [0, 0.1) is 0 Å². The van der Waals surface area contributed by atoms with E-state index in [1.54, 1.807) is 0 Å². The average molecular weight is 418 g/mol. The molecular formula is C10H11IN8O3. The quantitative estimate of drug-likeness (QED) is 0.209. The smallest absolute Gasteiger partial charge is 0.186 e. The zero-order valence-corrected chi connectivity index (χ0v) is 13.1. The monoisotopic (exact) mass is 418 g/mol. The first kappa shape index (κ1) is 15.2. The number of aliphatic hydroxyl groups is 2. The molecule has 11 nitrogen and oxygen atoms in total. The second-order valence-corrected chi connectivity index (χ2v) is 5.46. The van der Waals surface area contributed by atoms with Crippen LogP contribution in [0.3, 0.4) is 0 Å². The van der Waals surface area contributed by atoms with Crippen molar-refractivity contribution in [1.29, 1.82) is 0 Å². The fourth-order valence-corrected chi connectivity index (χ4v) is 3.13. The van der Waals surface area contributed by atoms with Crippen molar-refractivity contribution in [2.45, 2.75) is 24.2 Å². The Labute approximate surface area is 136 Å². The molecule has 116 valence electrons. The molecule has 2 aromatic heterocycles. The van der Waals surface area contributed by atoms with Gasteiger partial charge in [-0.25, -0.2) is 15.0 Å². The van der Waals surface area contributed by atoms with E-state index >= 15 is 0 Å². The minimum absolute atomic E-state index is 0.160. The lowest BCUT2D eigenvalue weighted by molar-refractivity contribution is -0.0824. The summed E-state index contributed by atoms with van der Waals surface area (Å²) in [5, 5.41) is 24.0. The summed E-state index contributed by atoms with van der Waals surface area (Å²) in [5.41, 5.74) is 13.5. The number of fused-ring (bicyclic) bond motifs is 1. The molecule has 22 heavy (non-hydrogen) atoms. The van der Waals surface area contributed by atoms with E-state index in [0.717, 1.165) is 0 Å². The highest BCUT2D eigenvalue weighted by molar-refractivity contribution is 14.1. The molecule has 4 atom stereocenters. The van der Waals surface area contributed by atoms with Gasteiger partial charge in [-0.2, -0.15) is 0 Å². The topological polar surface area (TPSA) is 168 Å². The Morgan fingerprint density at radius 3 is 2.95 bits per heavy atom. The van der Waals surface area contributed by atoms with Gasteiger partial charge in [0.1, 0.15) is 24.1 Å². The maximum atomic E-state index is 10.3. The lowest BCUT2D eigenvalue weighted by Crippen LogP contribution is -2.42. The van der Waals surface area contributed by atoms with Crippen molar-refractivity contribution in [3.05, 3.63) is 23.1 Å². The third-order valence-electron chi connectivity index (χ3n) is 3.47. The molecule has 1 aliphatic heterocycles. The van der Waals surface area contributed by atoms with Gasteiger partial charge in [0, 0.05) is 9.34 Å². The zero-order valence-electron chi connectivity index (χ0n) is 11.0. The van der Waals surface area contributed by atoms with Crippen LogP contribution in [0.1, 0.15) is 6.23 Å². The number of hydrogen-bond acceptors (Lipinski definition) is 8. The van der Waals surface area contributed by atoms with Gasteiger partial charge in [0.2, 0.25) is 0 Å². The SMILES string of the molecule is [N-]=[N+]=N[C@]1(CI)O[C@@H](n2cnc3c(N)ncnc32)C(O)C1O. The van der Waals surface area contributed by atoms with Crippen molar-refractivity contribution in [3.63, 3.8) is 0 Å². The van der Waals surface area contributed by atoms with Gasteiger partial charge in [-0.1, -0.05) is 27.7 Å². The minimum Gasteiger partial charge on any atom is -0.387 e. The molecule has 0 amide bonds. The Bertz CT molecular complexity index is 762. The summed E-state index contributed by atoms with van der Waals surface area (Å²) in [6.45, 7) is 0. The molecule has 1 fully saturated rings. The molecule has 0 aliphatic carbocycles. The number of nitrogen functional groups attached to an aromatic ring is 1. The number of imidazole rings is 1. The first-order valence-corrected chi connectivity index (χ1v) is 7.66. The molecule has 2 aromatic rings. The van der Waals surface area contributed by atoms with Crippen LogP contribution >= 0.6 is 22.6 Å². The Morgan fingerprint density at radius 1 is 1.50 bits per heavy atom. The van der Waals surface area contributed by atoms with E-state index in [2.05, 4.69) is 25.0 Å². The second-order valence-electron chi connectivity index (χ2n) is 4.69. The largest absolute Gasteiger partial charge is 0.387 e. The molecule has 0 bridgehead atoms. The number of aromatic nitrogens is 4. The van der Waals surface area contributed by atoms with Crippen LogP contribution in [0.4, 0.5) is 5.82 Å². The molecule has 3 heterocycles.